The van der Waals surface area contributed by atoms with Gasteiger partial charge < -0.3 is 4.74 Å². The highest BCUT2D eigenvalue weighted by Gasteiger charge is 2.12. The van der Waals surface area contributed by atoms with Gasteiger partial charge in [0.2, 0.25) is 0 Å². The van der Waals surface area contributed by atoms with Crippen LogP contribution >= 0.6 is 0 Å². The Kier molecular flexibility index (Phi) is 4.95. The van der Waals surface area contributed by atoms with E-state index in [0.717, 1.165) is 13.0 Å². The molecule has 0 spiro atoms. The summed E-state index contributed by atoms with van der Waals surface area (Å²) in [6.07, 6.45) is 9.79. The summed E-state index contributed by atoms with van der Waals surface area (Å²) in [6.45, 7) is 5.21. The summed E-state index contributed by atoms with van der Waals surface area (Å²) < 4.78 is 5.20. The van der Waals surface area contributed by atoms with Crippen LogP contribution in [0.3, 0.4) is 0 Å². The van der Waals surface area contributed by atoms with E-state index in [1.54, 1.807) is 12.7 Å². The maximum Gasteiger partial charge on any atom is 0.0525 e. The van der Waals surface area contributed by atoms with Crippen molar-refractivity contribution < 1.29 is 4.74 Å². The average Bonchev–Trinajstić information content (AvgIpc) is 2.16. The molecule has 0 aromatic carbocycles. The van der Waals surface area contributed by atoms with E-state index in [1.165, 1.54) is 24.8 Å². The summed E-state index contributed by atoms with van der Waals surface area (Å²) >= 11 is 0. The number of ether oxygens (including phenoxy) is 1. The predicted octanol–water partition coefficient (Wildman–Crippen LogP) is 3.72. The molecule has 0 aromatic heterocycles. The van der Waals surface area contributed by atoms with Gasteiger partial charge in [-0.05, 0) is 39.5 Å². The summed E-state index contributed by atoms with van der Waals surface area (Å²) in [4.78, 5) is 0. The quantitative estimate of drug-likeness (QED) is 0.620. The van der Waals surface area contributed by atoms with Crippen LogP contribution in [-0.2, 0) is 4.74 Å². The van der Waals surface area contributed by atoms with Crippen LogP contribution in [0.5, 0.6) is 0 Å². The van der Waals surface area contributed by atoms with Crippen molar-refractivity contribution in [1.29, 1.82) is 0 Å². The predicted molar refractivity (Wildman–Crippen MR) is 61.3 cm³/mol. The third kappa shape index (κ3) is 4.10. The monoisotopic (exact) mass is 194 g/mol. The third-order valence-electron chi connectivity index (χ3n) is 2.70. The molecule has 1 aliphatic rings. The van der Waals surface area contributed by atoms with Crippen LogP contribution in [0.4, 0.5) is 0 Å². The fourth-order valence-electron chi connectivity index (χ4n) is 1.94. The molecule has 0 aliphatic heterocycles. The highest BCUT2D eigenvalue weighted by atomic mass is 16.5. The molecule has 0 heterocycles. The lowest BCUT2D eigenvalue weighted by Crippen LogP contribution is -2.10. The Bertz CT molecular complexity index is 221. The zero-order valence-electron chi connectivity index (χ0n) is 9.68. The van der Waals surface area contributed by atoms with Gasteiger partial charge in [-0.15, -0.1) is 0 Å². The van der Waals surface area contributed by atoms with Crippen molar-refractivity contribution in [3.63, 3.8) is 0 Å². The largest absolute Gasteiger partial charge is 0.384 e. The second kappa shape index (κ2) is 6.02. The van der Waals surface area contributed by atoms with Crippen molar-refractivity contribution in [2.45, 2.75) is 39.5 Å². The number of allylic oxidation sites excluding steroid dienone is 3. The molecule has 0 N–H and O–H groups in total. The minimum atomic E-state index is 0.661. The van der Waals surface area contributed by atoms with Gasteiger partial charge in [-0.3, -0.25) is 0 Å². The topological polar surface area (TPSA) is 9.23 Å². The number of hydrogen-bond donors (Lipinski definition) is 0. The van der Waals surface area contributed by atoms with Crippen LogP contribution in [0.15, 0.2) is 23.3 Å². The van der Waals surface area contributed by atoms with Crippen molar-refractivity contribution in [2.24, 2.45) is 5.92 Å². The van der Waals surface area contributed by atoms with Crippen molar-refractivity contribution in [3.05, 3.63) is 23.3 Å². The molecule has 0 bridgehead atoms. The molecule has 0 saturated heterocycles. The van der Waals surface area contributed by atoms with Crippen LogP contribution in [-0.4, -0.2) is 13.7 Å². The summed E-state index contributed by atoms with van der Waals surface area (Å²) in [7, 11) is 1.79. The Morgan fingerprint density at radius 2 is 2.36 bits per heavy atom. The van der Waals surface area contributed by atoms with Gasteiger partial charge in [-0.2, -0.15) is 0 Å². The molecular formula is C13H22O. The number of methoxy groups -OCH3 is 1. The van der Waals surface area contributed by atoms with Crippen molar-refractivity contribution in [1.82, 2.24) is 0 Å². The van der Waals surface area contributed by atoms with Crippen LogP contribution in [0.1, 0.15) is 39.5 Å². The highest BCUT2D eigenvalue weighted by Crippen LogP contribution is 2.25. The molecule has 1 unspecified atom stereocenters. The maximum absolute atomic E-state index is 5.20. The highest BCUT2D eigenvalue weighted by molar-refractivity contribution is 5.13. The molecule has 1 nitrogen and oxygen atoms in total. The minimum Gasteiger partial charge on any atom is -0.384 e. The van der Waals surface area contributed by atoms with Crippen LogP contribution in [0.2, 0.25) is 0 Å². The lowest BCUT2D eigenvalue weighted by molar-refractivity contribution is 0.163. The molecule has 1 rings (SSSR count). The minimum absolute atomic E-state index is 0.661. The van der Waals surface area contributed by atoms with Gasteiger partial charge in [0.25, 0.3) is 0 Å². The lowest BCUT2D eigenvalue weighted by atomic mass is 9.89. The fourth-order valence-corrected chi connectivity index (χ4v) is 1.94. The van der Waals surface area contributed by atoms with Crippen LogP contribution < -0.4 is 0 Å². The Morgan fingerprint density at radius 1 is 1.57 bits per heavy atom. The molecule has 0 radical (unpaired) electrons. The van der Waals surface area contributed by atoms with E-state index in [2.05, 4.69) is 26.0 Å². The van der Waals surface area contributed by atoms with Crippen LogP contribution in [0, 0.1) is 5.92 Å². The second-order valence-electron chi connectivity index (χ2n) is 4.42. The first-order chi connectivity index (χ1) is 6.72. The molecule has 1 heteroatoms. The smallest absolute Gasteiger partial charge is 0.0525 e. The SMILES string of the molecule is COCC1C=C(CC=C(C)C)CCC1. The Balaban J connectivity index is 2.47. The molecular weight excluding hydrogens is 172 g/mol. The van der Waals surface area contributed by atoms with Gasteiger partial charge in [-0.1, -0.05) is 23.3 Å². The molecule has 1 aliphatic carbocycles. The molecule has 80 valence electrons. The van der Waals surface area contributed by atoms with Gasteiger partial charge in [0, 0.05) is 13.0 Å². The van der Waals surface area contributed by atoms with Crippen molar-refractivity contribution in [3.8, 4) is 0 Å². The molecule has 0 amide bonds. The standard InChI is InChI=1S/C13H22O/c1-11(2)7-8-12-5-4-6-13(9-12)10-14-3/h7,9,13H,4-6,8,10H2,1-3H3. The van der Waals surface area contributed by atoms with Gasteiger partial charge >= 0.3 is 0 Å². The van der Waals surface area contributed by atoms with E-state index < -0.39 is 0 Å². The van der Waals surface area contributed by atoms with E-state index in [1.807, 2.05) is 0 Å². The third-order valence-corrected chi connectivity index (χ3v) is 2.70. The van der Waals surface area contributed by atoms with Crippen LogP contribution in [0.25, 0.3) is 0 Å². The van der Waals surface area contributed by atoms with Crippen molar-refractivity contribution >= 4 is 0 Å². The Labute approximate surface area is 87.8 Å². The summed E-state index contributed by atoms with van der Waals surface area (Å²) in [5, 5.41) is 0. The zero-order valence-corrected chi connectivity index (χ0v) is 9.68. The van der Waals surface area contributed by atoms with Crippen molar-refractivity contribution in [2.75, 3.05) is 13.7 Å². The normalized spacial score (nSPS) is 21.6. The van der Waals surface area contributed by atoms with E-state index in [9.17, 15) is 0 Å². The number of rotatable bonds is 4. The summed E-state index contributed by atoms with van der Waals surface area (Å²) in [5.74, 6) is 0.661. The Morgan fingerprint density at radius 3 is 3.00 bits per heavy atom. The number of hydrogen-bond acceptors (Lipinski definition) is 1. The van der Waals surface area contributed by atoms with E-state index in [0.29, 0.717) is 5.92 Å². The van der Waals surface area contributed by atoms with Gasteiger partial charge in [0.15, 0.2) is 0 Å². The Hall–Kier alpha value is -0.560. The lowest BCUT2D eigenvalue weighted by Gasteiger charge is -2.19. The first-order valence-electron chi connectivity index (χ1n) is 5.54. The fraction of sp³-hybridized carbons (Fsp3) is 0.692. The summed E-state index contributed by atoms with van der Waals surface area (Å²) in [5.41, 5.74) is 3.01. The summed E-state index contributed by atoms with van der Waals surface area (Å²) in [6, 6.07) is 0. The first-order valence-corrected chi connectivity index (χ1v) is 5.54. The maximum atomic E-state index is 5.20. The average molecular weight is 194 g/mol. The molecule has 0 saturated carbocycles. The first kappa shape index (κ1) is 11.5. The molecule has 0 aromatic rings. The molecule has 0 fully saturated rings. The van der Waals surface area contributed by atoms with Gasteiger partial charge in [0.1, 0.15) is 0 Å². The van der Waals surface area contributed by atoms with Gasteiger partial charge in [0.05, 0.1) is 6.61 Å². The molecule has 14 heavy (non-hydrogen) atoms. The van der Waals surface area contributed by atoms with E-state index in [4.69, 9.17) is 4.74 Å². The second-order valence-corrected chi connectivity index (χ2v) is 4.42. The molecule has 1 atom stereocenters. The van der Waals surface area contributed by atoms with E-state index >= 15 is 0 Å². The zero-order chi connectivity index (χ0) is 10.4. The van der Waals surface area contributed by atoms with Gasteiger partial charge in [-0.25, -0.2) is 0 Å². The van der Waals surface area contributed by atoms with E-state index in [-0.39, 0.29) is 0 Å².